The van der Waals surface area contributed by atoms with Crippen LogP contribution in [0.4, 0.5) is 0 Å². The molecule has 0 spiro atoms. The van der Waals surface area contributed by atoms with E-state index in [1.807, 2.05) is 17.1 Å². The van der Waals surface area contributed by atoms with E-state index in [0.29, 0.717) is 5.54 Å². The summed E-state index contributed by atoms with van der Waals surface area (Å²) < 4.78 is 0. The number of hydrogen-bond acceptors (Lipinski definition) is 0. The zero-order valence-electron chi connectivity index (χ0n) is 7.72. The van der Waals surface area contributed by atoms with Gasteiger partial charge in [-0.25, -0.2) is 0 Å². The number of terminal acetylenes is 1. The molecule has 12 heavy (non-hydrogen) atoms. The molecule has 0 aliphatic heterocycles. The first-order valence-corrected chi connectivity index (χ1v) is 6.32. The van der Waals surface area contributed by atoms with Crippen LogP contribution in [-0.2, 0) is 0 Å². The van der Waals surface area contributed by atoms with Gasteiger partial charge in [0.2, 0.25) is 0 Å². The Balaban J connectivity index is 4.71. The van der Waals surface area contributed by atoms with Crippen LogP contribution in [0.5, 0.6) is 0 Å². The molecule has 1 atom stereocenters. The third-order valence-electron chi connectivity index (χ3n) is 2.34. The highest BCUT2D eigenvalue weighted by molar-refractivity contribution is 6.94. The van der Waals surface area contributed by atoms with Crippen LogP contribution < -0.4 is 0 Å². The third kappa shape index (κ3) is 1.99. The molecule has 0 aromatic heterocycles. The fourth-order valence-electron chi connectivity index (χ4n) is 1.21. The minimum absolute atomic E-state index is 0.454. The van der Waals surface area contributed by atoms with Gasteiger partial charge in [0, 0.05) is 6.42 Å². The van der Waals surface area contributed by atoms with E-state index in [0.717, 1.165) is 6.42 Å². The van der Waals surface area contributed by atoms with Crippen LogP contribution in [0.15, 0.2) is 36.8 Å². The van der Waals surface area contributed by atoms with Gasteiger partial charge >= 0.3 is 0 Å². The Hall–Kier alpha value is -1.00. The van der Waals surface area contributed by atoms with Gasteiger partial charge in [-0.3, -0.25) is 0 Å². The second-order valence-corrected chi connectivity index (χ2v) is 7.13. The maximum absolute atomic E-state index is 5.26. The van der Waals surface area contributed by atoms with Gasteiger partial charge in [0.15, 0.2) is 0 Å². The van der Waals surface area contributed by atoms with E-state index in [2.05, 4.69) is 32.6 Å². The smallest absolute Gasteiger partial charge is 0.120 e. The summed E-state index contributed by atoms with van der Waals surface area (Å²) >= 11 is 0. The van der Waals surface area contributed by atoms with Crippen molar-refractivity contribution in [3.63, 3.8) is 0 Å². The number of rotatable bonds is 5. The molecule has 1 unspecified atom stereocenters. The molecule has 0 bridgehead atoms. The summed E-state index contributed by atoms with van der Waals surface area (Å²) in [5.41, 5.74) is 6.40. The molecule has 0 saturated heterocycles. The lowest BCUT2D eigenvalue weighted by atomic mass is 10.3. The minimum Gasteiger partial charge on any atom is -0.120 e. The maximum Gasteiger partial charge on any atom is 0.128 e. The Bertz CT molecular complexity index is 198. The predicted molar refractivity (Wildman–Crippen MR) is 59.2 cm³/mol. The third-order valence-corrected chi connectivity index (χ3v) is 6.37. The summed E-state index contributed by atoms with van der Waals surface area (Å²) in [5, 5.41) is 0. The second-order valence-electron chi connectivity index (χ2n) is 2.92. The average molecular weight is 176 g/mol. The van der Waals surface area contributed by atoms with E-state index < -0.39 is 8.07 Å². The Morgan fingerprint density at radius 1 is 1.33 bits per heavy atom. The molecule has 0 heterocycles. The summed E-state index contributed by atoms with van der Waals surface area (Å²) in [5.74, 6) is 2.67. The van der Waals surface area contributed by atoms with Gasteiger partial charge < -0.3 is 0 Å². The normalized spacial score (nSPS) is 12.7. The minimum atomic E-state index is -1.69. The molecular weight excluding hydrogens is 160 g/mol. The fourth-order valence-corrected chi connectivity index (χ4v) is 3.39. The van der Waals surface area contributed by atoms with Crippen LogP contribution in [0, 0.1) is 12.3 Å². The van der Waals surface area contributed by atoms with Crippen LogP contribution in [0.1, 0.15) is 13.3 Å². The second kappa shape index (κ2) is 4.79. The topological polar surface area (TPSA) is 0 Å². The Morgan fingerprint density at radius 3 is 2.00 bits per heavy atom. The first kappa shape index (κ1) is 11.0. The molecule has 0 aliphatic carbocycles. The summed E-state index contributed by atoms with van der Waals surface area (Å²) in [4.78, 5) is 0. The van der Waals surface area contributed by atoms with Gasteiger partial charge in [0.05, 0.1) is 0 Å². The zero-order chi connectivity index (χ0) is 9.61. The molecule has 64 valence electrons. The van der Waals surface area contributed by atoms with Crippen molar-refractivity contribution in [2.75, 3.05) is 0 Å². The van der Waals surface area contributed by atoms with Crippen molar-refractivity contribution < 1.29 is 0 Å². The monoisotopic (exact) mass is 176 g/mol. The largest absolute Gasteiger partial charge is 0.128 e. The van der Waals surface area contributed by atoms with Gasteiger partial charge in [0.25, 0.3) is 0 Å². The van der Waals surface area contributed by atoms with Gasteiger partial charge in [-0.2, -0.15) is 0 Å². The van der Waals surface area contributed by atoms with E-state index in [-0.39, 0.29) is 0 Å². The van der Waals surface area contributed by atoms with Gasteiger partial charge in [-0.05, 0) is 5.54 Å². The lowest BCUT2D eigenvalue weighted by molar-refractivity contribution is 0.943. The van der Waals surface area contributed by atoms with E-state index in [1.165, 1.54) is 0 Å². The van der Waals surface area contributed by atoms with E-state index in [4.69, 9.17) is 6.42 Å². The standard InChI is InChI=1S/C11H16Si/c1-6-10-11(5)12(7-2,8-3)9-4/h1,7-9,11H,2-4,10H2,5H3. The Kier molecular flexibility index (Phi) is 4.39. The molecule has 0 aliphatic rings. The predicted octanol–water partition coefficient (Wildman–Crippen LogP) is 3.02. The molecule has 0 N–H and O–H groups in total. The van der Waals surface area contributed by atoms with Crippen molar-refractivity contribution in [1.82, 2.24) is 0 Å². The highest BCUT2D eigenvalue weighted by Gasteiger charge is 2.28. The van der Waals surface area contributed by atoms with Crippen LogP contribution in [0.3, 0.4) is 0 Å². The van der Waals surface area contributed by atoms with E-state index in [1.54, 1.807) is 0 Å². The fraction of sp³-hybridized carbons (Fsp3) is 0.273. The summed E-state index contributed by atoms with van der Waals surface area (Å²) in [6.45, 7) is 13.6. The van der Waals surface area contributed by atoms with E-state index in [9.17, 15) is 0 Å². The van der Waals surface area contributed by atoms with E-state index >= 15 is 0 Å². The van der Waals surface area contributed by atoms with Crippen molar-refractivity contribution in [3.8, 4) is 12.3 Å². The van der Waals surface area contributed by atoms with Gasteiger partial charge in [-0.1, -0.05) is 24.0 Å². The van der Waals surface area contributed by atoms with Crippen molar-refractivity contribution >= 4 is 8.07 Å². The molecule has 0 amide bonds. The molecule has 0 nitrogen and oxygen atoms in total. The van der Waals surface area contributed by atoms with Crippen molar-refractivity contribution in [2.45, 2.75) is 18.9 Å². The molecule has 0 aromatic rings. The van der Waals surface area contributed by atoms with Crippen LogP contribution in [0.25, 0.3) is 0 Å². The Morgan fingerprint density at radius 2 is 1.75 bits per heavy atom. The van der Waals surface area contributed by atoms with Crippen molar-refractivity contribution in [2.24, 2.45) is 0 Å². The summed E-state index contributed by atoms with van der Waals surface area (Å²) in [6, 6.07) is 0. The van der Waals surface area contributed by atoms with Crippen LogP contribution in [0.2, 0.25) is 5.54 Å². The molecule has 0 radical (unpaired) electrons. The Labute approximate surface area is 76.7 Å². The summed E-state index contributed by atoms with van der Waals surface area (Å²) in [7, 11) is -1.69. The lowest BCUT2D eigenvalue weighted by Gasteiger charge is -2.25. The molecule has 0 aromatic carbocycles. The molecule has 0 rings (SSSR count). The van der Waals surface area contributed by atoms with Crippen LogP contribution in [-0.4, -0.2) is 8.07 Å². The van der Waals surface area contributed by atoms with Gasteiger partial charge in [0.1, 0.15) is 8.07 Å². The molecule has 0 saturated carbocycles. The lowest BCUT2D eigenvalue weighted by Crippen LogP contribution is -2.32. The van der Waals surface area contributed by atoms with Crippen molar-refractivity contribution in [3.05, 3.63) is 36.8 Å². The first-order chi connectivity index (χ1) is 5.66. The highest BCUT2D eigenvalue weighted by atomic mass is 28.3. The summed E-state index contributed by atoms with van der Waals surface area (Å²) in [6.07, 6.45) is 6.03. The first-order valence-electron chi connectivity index (χ1n) is 4.01. The molecule has 0 fully saturated rings. The molecular formula is C11H16Si. The SMILES string of the molecule is C#CCC(C)[Si](C=C)(C=C)C=C. The van der Waals surface area contributed by atoms with Gasteiger partial charge in [-0.15, -0.1) is 32.1 Å². The zero-order valence-corrected chi connectivity index (χ0v) is 8.72. The highest BCUT2D eigenvalue weighted by Crippen LogP contribution is 2.27. The quantitative estimate of drug-likeness (QED) is 0.446. The number of hydrogen-bond donors (Lipinski definition) is 0. The maximum atomic E-state index is 5.26. The molecule has 1 heteroatoms. The average Bonchev–Trinajstić information content (AvgIpc) is 2.09. The van der Waals surface area contributed by atoms with Crippen LogP contribution >= 0.6 is 0 Å². The van der Waals surface area contributed by atoms with Crippen molar-refractivity contribution in [1.29, 1.82) is 0 Å².